The average Bonchev–Trinajstić information content (AvgIpc) is 2.91. The molecule has 104 valence electrons. The Balaban J connectivity index is 2.26. The number of aromatic nitrogens is 1. The van der Waals surface area contributed by atoms with E-state index in [-0.39, 0.29) is 17.7 Å². The molecule has 2 heterocycles. The Morgan fingerprint density at radius 2 is 2.26 bits per heavy atom. The van der Waals surface area contributed by atoms with Crippen LogP contribution >= 0.6 is 22.9 Å². The highest BCUT2D eigenvalue weighted by Crippen LogP contribution is 2.31. The van der Waals surface area contributed by atoms with Crippen molar-refractivity contribution >= 4 is 39.9 Å². The number of amides is 2. The molecule has 1 aromatic heterocycles. The fourth-order valence-corrected chi connectivity index (χ4v) is 3.29. The number of carbonyl (C=O) groups is 2. The Bertz CT molecular complexity index is 515. The van der Waals surface area contributed by atoms with Gasteiger partial charge in [0, 0.05) is 32.9 Å². The second-order valence-electron chi connectivity index (χ2n) is 4.84. The van der Waals surface area contributed by atoms with Crippen molar-refractivity contribution in [3.8, 4) is 0 Å². The molecule has 0 bridgehead atoms. The first-order valence-corrected chi connectivity index (χ1v) is 7.34. The molecule has 19 heavy (non-hydrogen) atoms. The summed E-state index contributed by atoms with van der Waals surface area (Å²) in [6.45, 7) is 2.38. The van der Waals surface area contributed by atoms with Crippen molar-refractivity contribution in [2.75, 3.05) is 31.4 Å². The molecule has 1 saturated heterocycles. The Hall–Kier alpha value is -1.14. The van der Waals surface area contributed by atoms with Crippen LogP contribution in [-0.4, -0.2) is 48.2 Å². The lowest BCUT2D eigenvalue weighted by molar-refractivity contribution is -0.117. The number of anilines is 1. The Morgan fingerprint density at radius 3 is 2.79 bits per heavy atom. The van der Waals surface area contributed by atoms with Crippen LogP contribution in [0.5, 0.6) is 0 Å². The summed E-state index contributed by atoms with van der Waals surface area (Å²) in [6.07, 6.45) is 0.457. The summed E-state index contributed by atoms with van der Waals surface area (Å²) >= 11 is 7.07. The van der Waals surface area contributed by atoms with E-state index >= 15 is 0 Å². The van der Waals surface area contributed by atoms with E-state index in [1.54, 1.807) is 25.9 Å². The molecular formula is C12H16ClN3O2S. The van der Waals surface area contributed by atoms with Gasteiger partial charge in [-0.05, 0) is 12.8 Å². The fourth-order valence-electron chi connectivity index (χ4n) is 1.97. The number of rotatable bonds is 3. The molecule has 0 radical (unpaired) electrons. The van der Waals surface area contributed by atoms with Crippen molar-refractivity contribution < 1.29 is 9.59 Å². The van der Waals surface area contributed by atoms with E-state index in [0.717, 1.165) is 0 Å². The van der Waals surface area contributed by atoms with Gasteiger partial charge in [0.1, 0.15) is 4.88 Å². The van der Waals surface area contributed by atoms with Gasteiger partial charge in [-0.1, -0.05) is 11.3 Å². The van der Waals surface area contributed by atoms with E-state index in [2.05, 4.69) is 4.98 Å². The van der Waals surface area contributed by atoms with Gasteiger partial charge in [-0.3, -0.25) is 14.5 Å². The maximum atomic E-state index is 12.0. The summed E-state index contributed by atoms with van der Waals surface area (Å²) in [5.41, 5.74) is 0.667. The average molecular weight is 302 g/mol. The highest BCUT2D eigenvalue weighted by atomic mass is 35.5. The Labute approximate surface area is 121 Å². The summed E-state index contributed by atoms with van der Waals surface area (Å²) < 4.78 is 0. The number of carbonyl (C=O) groups excluding carboxylic acids is 2. The fraction of sp³-hybridized carbons (Fsp3) is 0.583. The van der Waals surface area contributed by atoms with Gasteiger partial charge in [0.25, 0.3) is 5.91 Å². The zero-order valence-electron chi connectivity index (χ0n) is 11.1. The number of hydrogen-bond acceptors (Lipinski definition) is 4. The zero-order valence-corrected chi connectivity index (χ0v) is 12.7. The van der Waals surface area contributed by atoms with Crippen molar-refractivity contribution in [3.63, 3.8) is 0 Å². The van der Waals surface area contributed by atoms with Crippen LogP contribution in [0.1, 0.15) is 21.8 Å². The number of aryl methyl sites for hydroxylation is 1. The largest absolute Gasteiger partial charge is 0.344 e. The topological polar surface area (TPSA) is 53.5 Å². The van der Waals surface area contributed by atoms with Crippen LogP contribution in [0.2, 0.25) is 0 Å². The lowest BCUT2D eigenvalue weighted by Gasteiger charge is -2.11. The van der Waals surface area contributed by atoms with Gasteiger partial charge in [0.05, 0.1) is 5.69 Å². The van der Waals surface area contributed by atoms with E-state index in [1.807, 2.05) is 0 Å². The summed E-state index contributed by atoms with van der Waals surface area (Å²) in [4.78, 5) is 32.0. The lowest BCUT2D eigenvalue weighted by atomic mass is 10.2. The van der Waals surface area contributed by atoms with Crippen LogP contribution in [0.4, 0.5) is 5.13 Å². The molecule has 2 rings (SSSR count). The number of hydrogen-bond donors (Lipinski definition) is 0. The summed E-state index contributed by atoms with van der Waals surface area (Å²) in [5, 5.41) is 0.598. The number of thiazole rings is 1. The van der Waals surface area contributed by atoms with Gasteiger partial charge in [0.2, 0.25) is 5.91 Å². The minimum atomic E-state index is -0.0817. The van der Waals surface area contributed by atoms with Crippen LogP contribution in [0, 0.1) is 12.8 Å². The predicted octanol–water partition coefficient (Wildman–Crippen LogP) is 1.75. The van der Waals surface area contributed by atoms with Gasteiger partial charge in [-0.25, -0.2) is 4.98 Å². The van der Waals surface area contributed by atoms with Crippen molar-refractivity contribution in [1.82, 2.24) is 9.88 Å². The smallest absolute Gasteiger partial charge is 0.265 e. The molecule has 1 fully saturated rings. The van der Waals surface area contributed by atoms with Gasteiger partial charge < -0.3 is 4.90 Å². The maximum Gasteiger partial charge on any atom is 0.265 e. The molecule has 0 N–H and O–H groups in total. The standard InChI is InChI=1S/C12H16ClN3O2S/c1-7-10(11(18)15(2)3)19-12(14-7)16-6-8(5-13)4-9(16)17/h8H,4-6H2,1-3H3. The first-order valence-electron chi connectivity index (χ1n) is 5.99. The SMILES string of the molecule is Cc1nc(N2CC(CCl)CC2=O)sc1C(=O)N(C)C. The van der Waals surface area contributed by atoms with E-state index in [1.165, 1.54) is 16.2 Å². The van der Waals surface area contributed by atoms with Crippen molar-refractivity contribution in [2.45, 2.75) is 13.3 Å². The first-order chi connectivity index (χ1) is 8.93. The first kappa shape index (κ1) is 14.3. The summed E-state index contributed by atoms with van der Waals surface area (Å²) in [6, 6.07) is 0. The van der Waals surface area contributed by atoms with Crippen LogP contribution < -0.4 is 4.90 Å². The molecule has 1 atom stereocenters. The molecule has 0 aromatic carbocycles. The molecule has 1 aliphatic heterocycles. The van der Waals surface area contributed by atoms with E-state index in [9.17, 15) is 9.59 Å². The van der Waals surface area contributed by atoms with Crippen molar-refractivity contribution in [3.05, 3.63) is 10.6 Å². The van der Waals surface area contributed by atoms with E-state index in [0.29, 0.717) is 34.5 Å². The molecule has 7 heteroatoms. The van der Waals surface area contributed by atoms with Crippen molar-refractivity contribution in [2.24, 2.45) is 5.92 Å². The highest BCUT2D eigenvalue weighted by Gasteiger charge is 2.32. The quantitative estimate of drug-likeness (QED) is 0.799. The molecule has 0 spiro atoms. The monoisotopic (exact) mass is 301 g/mol. The number of alkyl halides is 1. The summed E-state index contributed by atoms with van der Waals surface area (Å²) in [7, 11) is 3.40. The second kappa shape index (κ2) is 5.46. The highest BCUT2D eigenvalue weighted by molar-refractivity contribution is 7.17. The van der Waals surface area contributed by atoms with E-state index < -0.39 is 0 Å². The predicted molar refractivity (Wildman–Crippen MR) is 76.0 cm³/mol. The molecule has 1 aliphatic rings. The van der Waals surface area contributed by atoms with E-state index in [4.69, 9.17) is 11.6 Å². The normalized spacial score (nSPS) is 19.1. The molecule has 2 amide bonds. The minimum absolute atomic E-state index is 0.0308. The van der Waals surface area contributed by atoms with Gasteiger partial charge in [-0.15, -0.1) is 11.6 Å². The molecule has 0 aliphatic carbocycles. The third kappa shape index (κ3) is 2.74. The number of halogens is 1. The molecular weight excluding hydrogens is 286 g/mol. The van der Waals surface area contributed by atoms with Crippen LogP contribution in [-0.2, 0) is 4.79 Å². The van der Waals surface area contributed by atoms with Gasteiger partial charge >= 0.3 is 0 Å². The molecule has 1 unspecified atom stereocenters. The Morgan fingerprint density at radius 1 is 1.58 bits per heavy atom. The molecule has 5 nitrogen and oxygen atoms in total. The zero-order chi connectivity index (χ0) is 14.2. The maximum absolute atomic E-state index is 12.0. The number of nitrogens with zero attached hydrogens (tertiary/aromatic N) is 3. The van der Waals surface area contributed by atoms with Crippen LogP contribution in [0.15, 0.2) is 0 Å². The van der Waals surface area contributed by atoms with Gasteiger partial charge in [-0.2, -0.15) is 0 Å². The van der Waals surface area contributed by atoms with Crippen LogP contribution in [0.3, 0.4) is 0 Å². The molecule has 1 aromatic rings. The van der Waals surface area contributed by atoms with Gasteiger partial charge in [0.15, 0.2) is 5.13 Å². The molecule has 0 saturated carbocycles. The summed E-state index contributed by atoms with van der Waals surface area (Å²) in [5.74, 6) is 0.590. The van der Waals surface area contributed by atoms with Crippen molar-refractivity contribution in [1.29, 1.82) is 0 Å². The Kier molecular flexibility index (Phi) is 4.10. The second-order valence-corrected chi connectivity index (χ2v) is 6.13. The third-order valence-electron chi connectivity index (χ3n) is 3.04. The van der Waals surface area contributed by atoms with Crippen LogP contribution in [0.25, 0.3) is 0 Å². The lowest BCUT2D eigenvalue weighted by Crippen LogP contribution is -2.24. The third-order valence-corrected chi connectivity index (χ3v) is 4.64. The minimum Gasteiger partial charge on any atom is -0.344 e.